The van der Waals surface area contributed by atoms with Crippen molar-refractivity contribution in [2.45, 2.75) is 38.8 Å². The number of nitrogens with one attached hydrogen (secondary N) is 1. The van der Waals surface area contributed by atoms with Crippen LogP contribution >= 0.6 is 11.3 Å². The fourth-order valence-electron chi connectivity index (χ4n) is 3.70. The molecule has 1 aromatic heterocycles. The van der Waals surface area contributed by atoms with Crippen LogP contribution in [-0.4, -0.2) is 36.5 Å². The number of benzene rings is 1. The maximum absolute atomic E-state index is 12.5. The summed E-state index contributed by atoms with van der Waals surface area (Å²) >= 11 is 1.57. The third-order valence-corrected chi connectivity index (χ3v) is 6.38. The van der Waals surface area contributed by atoms with Gasteiger partial charge >= 0.3 is 0 Å². The van der Waals surface area contributed by atoms with E-state index in [1.807, 2.05) is 24.3 Å². The molecule has 0 radical (unpaired) electrons. The minimum absolute atomic E-state index is 0.0292. The highest BCUT2D eigenvalue weighted by atomic mass is 32.1. The number of fused-ring (bicyclic) bond motifs is 3. The van der Waals surface area contributed by atoms with Gasteiger partial charge in [-0.3, -0.25) is 9.69 Å². The first-order valence-corrected chi connectivity index (χ1v) is 9.91. The summed E-state index contributed by atoms with van der Waals surface area (Å²) in [4.78, 5) is 17.0. The number of hydrogen-bond acceptors (Lipinski definition) is 4. The molecule has 0 aliphatic carbocycles. The van der Waals surface area contributed by atoms with Gasteiger partial charge in [0.2, 0.25) is 0 Å². The van der Waals surface area contributed by atoms with Gasteiger partial charge in [0.25, 0.3) is 5.91 Å². The summed E-state index contributed by atoms with van der Waals surface area (Å²) in [5, 5.41) is 3.09. The standard InChI is InChI=1S/C20H24N2O2S/c1-14-6-4-5-10-22(14)11-9-21-20(23)18-12-15-13-24-17-8-3-2-7-16(17)19(15)25-18/h2-3,7-8,12,14H,4-6,9-11,13H2,1H3,(H,21,23)/t14-/m0/s1. The number of hydrogen-bond donors (Lipinski definition) is 1. The van der Waals surface area contributed by atoms with Crippen LogP contribution in [0.4, 0.5) is 0 Å². The first kappa shape index (κ1) is 16.6. The molecule has 1 aromatic carbocycles. The van der Waals surface area contributed by atoms with Gasteiger partial charge in [0.1, 0.15) is 12.4 Å². The summed E-state index contributed by atoms with van der Waals surface area (Å²) < 4.78 is 5.78. The lowest BCUT2D eigenvalue weighted by atomic mass is 10.0. The van der Waals surface area contributed by atoms with Crippen molar-refractivity contribution in [2.24, 2.45) is 0 Å². The minimum atomic E-state index is 0.0292. The molecule has 1 fully saturated rings. The Labute approximate surface area is 152 Å². The number of carbonyl (C=O) groups is 1. The lowest BCUT2D eigenvalue weighted by Crippen LogP contribution is -2.42. The highest BCUT2D eigenvalue weighted by Gasteiger charge is 2.23. The summed E-state index contributed by atoms with van der Waals surface area (Å²) in [5.41, 5.74) is 2.20. The maximum atomic E-state index is 12.5. The van der Waals surface area contributed by atoms with Crippen molar-refractivity contribution in [3.8, 4) is 16.2 Å². The number of rotatable bonds is 4. The second-order valence-corrected chi connectivity index (χ2v) is 7.94. The van der Waals surface area contributed by atoms with E-state index in [9.17, 15) is 4.79 Å². The molecule has 2 aliphatic rings. The topological polar surface area (TPSA) is 41.6 Å². The fourth-order valence-corrected chi connectivity index (χ4v) is 4.81. The summed E-state index contributed by atoms with van der Waals surface area (Å²) in [6, 6.07) is 10.6. The van der Waals surface area contributed by atoms with Gasteiger partial charge in [-0.1, -0.05) is 18.6 Å². The molecule has 2 aromatic rings. The monoisotopic (exact) mass is 356 g/mol. The Balaban J connectivity index is 1.40. The molecule has 5 heteroatoms. The van der Waals surface area contributed by atoms with Crippen molar-refractivity contribution >= 4 is 17.2 Å². The molecule has 3 heterocycles. The summed E-state index contributed by atoms with van der Waals surface area (Å²) in [5.74, 6) is 0.935. The van der Waals surface area contributed by atoms with Crippen molar-refractivity contribution in [2.75, 3.05) is 19.6 Å². The molecule has 1 N–H and O–H groups in total. The lowest BCUT2D eigenvalue weighted by molar-refractivity contribution is 0.0942. The van der Waals surface area contributed by atoms with Crippen molar-refractivity contribution in [3.63, 3.8) is 0 Å². The summed E-state index contributed by atoms with van der Waals surface area (Å²) in [6.07, 6.45) is 3.87. The lowest BCUT2D eigenvalue weighted by Gasteiger charge is -2.33. The van der Waals surface area contributed by atoms with Gasteiger partial charge in [0.15, 0.2) is 0 Å². The quantitative estimate of drug-likeness (QED) is 0.903. The molecule has 0 saturated carbocycles. The van der Waals surface area contributed by atoms with Gasteiger partial charge in [-0.2, -0.15) is 0 Å². The van der Waals surface area contributed by atoms with E-state index in [1.165, 1.54) is 19.3 Å². The second-order valence-electron chi connectivity index (χ2n) is 6.89. The molecule has 132 valence electrons. The van der Waals surface area contributed by atoms with E-state index >= 15 is 0 Å². The van der Waals surface area contributed by atoms with E-state index in [4.69, 9.17) is 4.74 Å². The van der Waals surface area contributed by atoms with Crippen LogP contribution in [0, 0.1) is 0 Å². The molecule has 0 unspecified atom stereocenters. The second kappa shape index (κ2) is 7.18. The first-order chi connectivity index (χ1) is 12.2. The number of amides is 1. The van der Waals surface area contributed by atoms with E-state index in [0.29, 0.717) is 19.2 Å². The Hall–Kier alpha value is -1.85. The predicted molar refractivity (Wildman–Crippen MR) is 101 cm³/mol. The average molecular weight is 356 g/mol. The molecular weight excluding hydrogens is 332 g/mol. The third kappa shape index (κ3) is 3.44. The van der Waals surface area contributed by atoms with Crippen molar-refractivity contribution < 1.29 is 9.53 Å². The van der Waals surface area contributed by atoms with E-state index in [1.54, 1.807) is 11.3 Å². The van der Waals surface area contributed by atoms with Crippen LogP contribution in [0.2, 0.25) is 0 Å². The molecule has 1 atom stereocenters. The SMILES string of the molecule is C[C@H]1CCCCN1CCNC(=O)c1cc2c(s1)-c1ccccc1OC2. The molecule has 4 nitrogen and oxygen atoms in total. The minimum Gasteiger partial charge on any atom is -0.488 e. The smallest absolute Gasteiger partial charge is 0.261 e. The van der Waals surface area contributed by atoms with E-state index in [-0.39, 0.29) is 5.91 Å². The molecule has 4 rings (SSSR count). The molecule has 2 aliphatic heterocycles. The van der Waals surface area contributed by atoms with Gasteiger partial charge < -0.3 is 10.1 Å². The number of ether oxygens (including phenoxy) is 1. The Morgan fingerprint density at radius 1 is 1.36 bits per heavy atom. The van der Waals surface area contributed by atoms with E-state index < -0.39 is 0 Å². The largest absolute Gasteiger partial charge is 0.488 e. The molecule has 1 amide bonds. The predicted octanol–water partition coefficient (Wildman–Crippen LogP) is 3.91. The van der Waals surface area contributed by atoms with Gasteiger partial charge in [-0.15, -0.1) is 11.3 Å². The Morgan fingerprint density at radius 3 is 3.12 bits per heavy atom. The molecule has 1 saturated heterocycles. The van der Waals surface area contributed by atoms with Crippen molar-refractivity contribution in [1.82, 2.24) is 10.2 Å². The van der Waals surface area contributed by atoms with Crippen LogP contribution in [0.5, 0.6) is 5.75 Å². The van der Waals surface area contributed by atoms with Crippen LogP contribution in [0.3, 0.4) is 0 Å². The van der Waals surface area contributed by atoms with Gasteiger partial charge in [-0.25, -0.2) is 0 Å². The van der Waals surface area contributed by atoms with Crippen molar-refractivity contribution in [3.05, 3.63) is 40.8 Å². The first-order valence-electron chi connectivity index (χ1n) is 9.09. The Morgan fingerprint density at radius 2 is 2.24 bits per heavy atom. The number of carbonyl (C=O) groups excluding carboxylic acids is 1. The summed E-state index contributed by atoms with van der Waals surface area (Å²) in [6.45, 7) is 5.62. The van der Waals surface area contributed by atoms with Crippen LogP contribution in [0.15, 0.2) is 30.3 Å². The number of thiophene rings is 1. The van der Waals surface area contributed by atoms with Gasteiger partial charge in [-0.05, 0) is 44.5 Å². The van der Waals surface area contributed by atoms with Crippen LogP contribution in [0.25, 0.3) is 10.4 Å². The van der Waals surface area contributed by atoms with Gasteiger partial charge in [0, 0.05) is 35.1 Å². The third-order valence-electron chi connectivity index (χ3n) is 5.17. The Kier molecular flexibility index (Phi) is 4.77. The van der Waals surface area contributed by atoms with Crippen molar-refractivity contribution in [1.29, 1.82) is 0 Å². The van der Waals surface area contributed by atoms with Gasteiger partial charge in [0.05, 0.1) is 4.88 Å². The molecule has 25 heavy (non-hydrogen) atoms. The Bertz CT molecular complexity index is 771. The van der Waals surface area contributed by atoms with Crippen LogP contribution in [-0.2, 0) is 6.61 Å². The summed E-state index contributed by atoms with van der Waals surface area (Å²) in [7, 11) is 0. The van der Waals surface area contributed by atoms with E-state index in [2.05, 4.69) is 23.2 Å². The molecular formula is C20H24N2O2S. The highest BCUT2D eigenvalue weighted by molar-refractivity contribution is 7.17. The number of para-hydroxylation sites is 1. The maximum Gasteiger partial charge on any atom is 0.261 e. The van der Waals surface area contributed by atoms with Crippen LogP contribution < -0.4 is 10.1 Å². The molecule has 0 spiro atoms. The number of piperidine rings is 1. The normalized spacial score (nSPS) is 19.6. The average Bonchev–Trinajstić information content (AvgIpc) is 3.08. The highest BCUT2D eigenvalue weighted by Crippen LogP contribution is 2.42. The van der Waals surface area contributed by atoms with E-state index in [0.717, 1.165) is 39.7 Å². The van der Waals surface area contributed by atoms with Crippen LogP contribution in [0.1, 0.15) is 41.4 Å². The number of likely N-dealkylation sites (tertiary alicyclic amines) is 1. The zero-order valence-electron chi connectivity index (χ0n) is 14.6. The fraction of sp³-hybridized carbons (Fsp3) is 0.450. The zero-order chi connectivity index (χ0) is 17.2. The molecule has 0 bridgehead atoms. The zero-order valence-corrected chi connectivity index (χ0v) is 15.4. The number of nitrogens with zero attached hydrogens (tertiary/aromatic N) is 1.